The van der Waals surface area contributed by atoms with Gasteiger partial charge in [-0.25, -0.2) is 0 Å². The van der Waals surface area contributed by atoms with Gasteiger partial charge in [0.2, 0.25) is 0 Å². The van der Waals surface area contributed by atoms with Crippen LogP contribution in [-0.2, 0) is 18.0 Å². The molecule has 0 unspecified atom stereocenters. The van der Waals surface area contributed by atoms with Gasteiger partial charge in [0.15, 0.2) is 0 Å². The van der Waals surface area contributed by atoms with E-state index in [-0.39, 0.29) is 10.5 Å². The van der Waals surface area contributed by atoms with E-state index in [1.165, 1.54) is 10.4 Å². The first kappa shape index (κ1) is 26.1. The van der Waals surface area contributed by atoms with Crippen LogP contribution < -0.4 is 10.4 Å². The molecule has 1 aliphatic carbocycles. The summed E-state index contributed by atoms with van der Waals surface area (Å²) in [5, 5.41) is 2.47. The van der Waals surface area contributed by atoms with Gasteiger partial charge >= 0.3 is 7.60 Å². The Kier molecular flexibility index (Phi) is 8.24. The molecule has 0 bridgehead atoms. The summed E-state index contributed by atoms with van der Waals surface area (Å²) in [5.41, 5.74) is 0.933. The van der Waals surface area contributed by atoms with Crippen LogP contribution in [-0.4, -0.2) is 28.1 Å². The number of hydrogen-bond donors (Lipinski definition) is 0. The van der Waals surface area contributed by atoms with E-state index in [0.717, 1.165) is 18.4 Å². The van der Waals surface area contributed by atoms with Crippen LogP contribution in [0.3, 0.4) is 0 Å². The van der Waals surface area contributed by atoms with Gasteiger partial charge in [-0.05, 0) is 49.0 Å². The van der Waals surface area contributed by atoms with E-state index < -0.39 is 15.9 Å². The Morgan fingerprint density at radius 2 is 1.39 bits per heavy atom. The quantitative estimate of drug-likeness (QED) is 0.268. The lowest BCUT2D eigenvalue weighted by atomic mass is 10.0. The Bertz CT molecular complexity index is 929. The summed E-state index contributed by atoms with van der Waals surface area (Å²) >= 11 is 0. The molecule has 0 aromatic heterocycles. The lowest BCUT2D eigenvalue weighted by Gasteiger charge is -2.44. The van der Waals surface area contributed by atoms with E-state index in [1.807, 2.05) is 20.8 Å². The molecule has 0 heterocycles. The average Bonchev–Trinajstić information content (AvgIpc) is 3.56. The minimum Gasteiger partial charge on any atom is -0.407 e. The van der Waals surface area contributed by atoms with Gasteiger partial charge in [0.1, 0.15) is 0 Å². The second-order valence-electron chi connectivity index (χ2n) is 9.92. The van der Waals surface area contributed by atoms with Gasteiger partial charge in [0.05, 0.1) is 13.2 Å². The fourth-order valence-electron chi connectivity index (χ4n) is 4.66. The molecule has 0 amide bonds. The second-order valence-corrected chi connectivity index (χ2v) is 16.1. The minimum atomic E-state index is -3.25. The van der Waals surface area contributed by atoms with Crippen molar-refractivity contribution in [3.8, 4) is 0 Å². The number of rotatable bonds is 11. The van der Waals surface area contributed by atoms with Crippen molar-refractivity contribution in [1.29, 1.82) is 0 Å². The zero-order valence-electron chi connectivity index (χ0n) is 21.0. The van der Waals surface area contributed by atoms with E-state index in [2.05, 4.69) is 81.4 Å². The van der Waals surface area contributed by atoms with Crippen LogP contribution in [0.25, 0.3) is 0 Å². The molecule has 2 aromatic carbocycles. The SMILES string of the molecule is CCOP(=O)(C=C(C)C1(CO[Si](c2ccccc2)(c2ccccc2)C(C)(C)C)CC1)OCC. The Morgan fingerprint density at radius 3 is 1.76 bits per heavy atom. The van der Waals surface area contributed by atoms with Gasteiger partial charge in [-0.1, -0.05) is 87.0 Å². The maximum Gasteiger partial charge on any atom is 0.354 e. The highest BCUT2D eigenvalue weighted by Crippen LogP contribution is 2.58. The predicted octanol–water partition coefficient (Wildman–Crippen LogP) is 6.51. The third-order valence-corrected chi connectivity index (χ3v) is 13.6. The molecule has 4 nitrogen and oxygen atoms in total. The molecule has 1 saturated carbocycles. The van der Waals surface area contributed by atoms with Gasteiger partial charge in [-0.15, -0.1) is 0 Å². The zero-order chi connectivity index (χ0) is 24.2. The summed E-state index contributed by atoms with van der Waals surface area (Å²) in [7, 11) is -5.86. The van der Waals surface area contributed by atoms with Gasteiger partial charge in [0, 0.05) is 17.8 Å². The Labute approximate surface area is 201 Å². The largest absolute Gasteiger partial charge is 0.407 e. The highest BCUT2D eigenvalue weighted by molar-refractivity contribution is 7.57. The third-order valence-electron chi connectivity index (χ3n) is 6.64. The Hall–Kier alpha value is -1.49. The van der Waals surface area contributed by atoms with E-state index in [1.54, 1.807) is 5.82 Å². The van der Waals surface area contributed by atoms with Gasteiger partial charge in [0.25, 0.3) is 8.32 Å². The van der Waals surface area contributed by atoms with Crippen molar-refractivity contribution < 1.29 is 18.0 Å². The van der Waals surface area contributed by atoms with E-state index in [4.69, 9.17) is 13.5 Å². The molecular formula is C27H39O4PSi. The molecular weight excluding hydrogens is 447 g/mol. The lowest BCUT2D eigenvalue weighted by molar-refractivity contribution is 0.226. The second kappa shape index (κ2) is 10.4. The highest BCUT2D eigenvalue weighted by atomic mass is 31.2. The smallest absolute Gasteiger partial charge is 0.354 e. The van der Waals surface area contributed by atoms with Gasteiger partial charge < -0.3 is 13.5 Å². The highest BCUT2D eigenvalue weighted by Gasteiger charge is 2.54. The van der Waals surface area contributed by atoms with Crippen LogP contribution in [0, 0.1) is 5.41 Å². The van der Waals surface area contributed by atoms with E-state index in [9.17, 15) is 4.57 Å². The van der Waals surface area contributed by atoms with Crippen LogP contribution in [0.15, 0.2) is 72.1 Å². The summed E-state index contributed by atoms with van der Waals surface area (Å²) < 4.78 is 31.4. The van der Waals surface area contributed by atoms with Gasteiger partial charge in [-0.3, -0.25) is 4.57 Å². The first-order chi connectivity index (χ1) is 15.6. The molecule has 6 heteroatoms. The molecule has 0 N–H and O–H groups in total. The molecule has 1 aliphatic rings. The van der Waals surface area contributed by atoms with Crippen molar-refractivity contribution in [2.75, 3.05) is 19.8 Å². The number of benzene rings is 2. The third kappa shape index (κ3) is 5.60. The molecule has 0 aliphatic heterocycles. The summed E-state index contributed by atoms with van der Waals surface area (Å²) in [6.07, 6.45) is 2.04. The predicted molar refractivity (Wildman–Crippen MR) is 140 cm³/mol. The first-order valence-corrected chi connectivity index (χ1v) is 15.5. The molecule has 33 heavy (non-hydrogen) atoms. The molecule has 0 radical (unpaired) electrons. The monoisotopic (exact) mass is 486 g/mol. The first-order valence-electron chi connectivity index (χ1n) is 12.0. The Balaban J connectivity index is 2.00. The maximum atomic E-state index is 13.1. The Morgan fingerprint density at radius 1 is 0.939 bits per heavy atom. The summed E-state index contributed by atoms with van der Waals surface area (Å²) in [6.45, 7) is 13.9. The zero-order valence-corrected chi connectivity index (χ0v) is 22.9. The maximum absolute atomic E-state index is 13.1. The van der Waals surface area contributed by atoms with Crippen LogP contribution in [0.2, 0.25) is 5.04 Å². The van der Waals surface area contributed by atoms with Crippen molar-refractivity contribution in [2.45, 2.75) is 59.4 Å². The van der Waals surface area contributed by atoms with Crippen LogP contribution >= 0.6 is 7.60 Å². The minimum absolute atomic E-state index is 0.0741. The van der Waals surface area contributed by atoms with Crippen LogP contribution in [0.1, 0.15) is 54.4 Å². The van der Waals surface area contributed by atoms with Crippen molar-refractivity contribution in [1.82, 2.24) is 0 Å². The fourth-order valence-corrected chi connectivity index (χ4v) is 11.0. The van der Waals surface area contributed by atoms with Crippen LogP contribution in [0.5, 0.6) is 0 Å². The van der Waals surface area contributed by atoms with E-state index in [0.29, 0.717) is 19.8 Å². The molecule has 0 spiro atoms. The lowest BCUT2D eigenvalue weighted by Crippen LogP contribution is -2.67. The summed E-state index contributed by atoms with van der Waals surface area (Å²) in [6, 6.07) is 21.4. The standard InChI is InChI=1S/C27H39O4PSi/c1-7-29-32(28,30-8-2)21-23(3)27(19-20-27)22-31-33(26(4,5)6,24-15-11-9-12-16-24)25-17-13-10-14-18-25/h9-18,21H,7-8,19-20,22H2,1-6H3. The van der Waals surface area contributed by atoms with Gasteiger partial charge in [-0.2, -0.15) is 0 Å². The molecule has 0 saturated heterocycles. The normalized spacial score (nSPS) is 16.6. The molecule has 3 rings (SSSR count). The summed E-state index contributed by atoms with van der Waals surface area (Å²) in [4.78, 5) is 0. The molecule has 2 aromatic rings. The fraction of sp³-hybridized carbons (Fsp3) is 0.481. The topological polar surface area (TPSA) is 44.8 Å². The van der Waals surface area contributed by atoms with Crippen molar-refractivity contribution in [3.05, 3.63) is 72.1 Å². The molecule has 0 atom stereocenters. The molecule has 180 valence electrons. The van der Waals surface area contributed by atoms with E-state index >= 15 is 0 Å². The van der Waals surface area contributed by atoms with Crippen molar-refractivity contribution in [2.24, 2.45) is 5.41 Å². The van der Waals surface area contributed by atoms with Crippen molar-refractivity contribution in [3.63, 3.8) is 0 Å². The molecule has 1 fully saturated rings. The average molecular weight is 487 g/mol. The summed E-state index contributed by atoms with van der Waals surface area (Å²) in [5.74, 6) is 1.74. The van der Waals surface area contributed by atoms with Crippen LogP contribution in [0.4, 0.5) is 0 Å². The van der Waals surface area contributed by atoms with Crippen molar-refractivity contribution >= 4 is 26.3 Å². The number of hydrogen-bond acceptors (Lipinski definition) is 4.